The number of rotatable bonds is 5. The number of benzene rings is 1. The molecule has 0 aliphatic heterocycles. The van der Waals surface area contributed by atoms with Gasteiger partial charge in [-0.2, -0.15) is 0 Å². The molecular weight excluding hydrogens is 422 g/mol. The van der Waals surface area contributed by atoms with Gasteiger partial charge in [0.1, 0.15) is 5.69 Å². The van der Waals surface area contributed by atoms with Crippen molar-refractivity contribution >= 4 is 33.1 Å². The van der Waals surface area contributed by atoms with E-state index in [4.69, 9.17) is 11.6 Å². The normalized spacial score (nSPS) is 11.9. The minimum absolute atomic E-state index is 0.00986. The summed E-state index contributed by atoms with van der Waals surface area (Å²) >= 11 is 6.02. The fourth-order valence-corrected chi connectivity index (χ4v) is 4.10. The van der Waals surface area contributed by atoms with E-state index in [0.717, 1.165) is 5.56 Å². The van der Waals surface area contributed by atoms with Gasteiger partial charge in [0.15, 0.2) is 0 Å². The molecule has 0 fully saturated rings. The highest BCUT2D eigenvalue weighted by Gasteiger charge is 2.23. The number of sulfonamides is 1. The SMILES string of the molecule is Cc1ncccc1C(=O)c1ncc(Cl)cc1NS(=O)(=O)c1ccc(C(C)(C)C)cc1. The number of hydrogen-bond donors (Lipinski definition) is 1. The van der Waals surface area contributed by atoms with Gasteiger partial charge in [0.25, 0.3) is 10.0 Å². The summed E-state index contributed by atoms with van der Waals surface area (Å²) in [7, 11) is -3.96. The van der Waals surface area contributed by atoms with Crippen LogP contribution < -0.4 is 4.72 Å². The first-order valence-electron chi connectivity index (χ1n) is 9.24. The summed E-state index contributed by atoms with van der Waals surface area (Å²) in [5.41, 5.74) is 1.72. The van der Waals surface area contributed by atoms with Gasteiger partial charge in [-0.1, -0.05) is 44.5 Å². The Labute approximate surface area is 181 Å². The molecule has 0 atom stereocenters. The van der Waals surface area contributed by atoms with Gasteiger partial charge in [0.2, 0.25) is 5.78 Å². The number of hydrogen-bond acceptors (Lipinski definition) is 5. The van der Waals surface area contributed by atoms with Crippen molar-refractivity contribution in [2.75, 3.05) is 4.72 Å². The topological polar surface area (TPSA) is 89.0 Å². The van der Waals surface area contributed by atoms with Gasteiger partial charge >= 0.3 is 0 Å². The zero-order chi connectivity index (χ0) is 22.1. The first kappa shape index (κ1) is 21.9. The third-order valence-corrected chi connectivity index (χ3v) is 6.18. The van der Waals surface area contributed by atoms with Crippen LogP contribution in [0.4, 0.5) is 5.69 Å². The van der Waals surface area contributed by atoms with E-state index < -0.39 is 15.8 Å². The summed E-state index contributed by atoms with van der Waals surface area (Å²) in [5, 5.41) is 0.204. The third-order valence-electron chi connectivity index (χ3n) is 4.60. The maximum atomic E-state index is 13.0. The van der Waals surface area contributed by atoms with Crippen molar-refractivity contribution in [1.82, 2.24) is 9.97 Å². The Balaban J connectivity index is 1.99. The van der Waals surface area contributed by atoms with Crippen LogP contribution in [0.3, 0.4) is 0 Å². The Morgan fingerprint density at radius 3 is 2.33 bits per heavy atom. The molecule has 0 saturated heterocycles. The summed E-state index contributed by atoms with van der Waals surface area (Å²) in [6, 6.07) is 11.2. The van der Waals surface area contributed by atoms with E-state index in [9.17, 15) is 13.2 Å². The minimum Gasteiger partial charge on any atom is -0.287 e. The molecule has 0 aliphatic rings. The van der Waals surface area contributed by atoms with Crippen molar-refractivity contribution in [1.29, 1.82) is 0 Å². The molecule has 1 N–H and O–H groups in total. The maximum Gasteiger partial charge on any atom is 0.261 e. The van der Waals surface area contributed by atoms with Crippen LogP contribution in [0.25, 0.3) is 0 Å². The lowest BCUT2D eigenvalue weighted by Crippen LogP contribution is -2.18. The smallest absolute Gasteiger partial charge is 0.261 e. The zero-order valence-corrected chi connectivity index (χ0v) is 18.7. The molecule has 0 spiro atoms. The van der Waals surface area contributed by atoms with Crippen LogP contribution in [0.15, 0.2) is 59.8 Å². The highest BCUT2D eigenvalue weighted by atomic mass is 35.5. The number of aromatic nitrogens is 2. The Bertz CT molecular complexity index is 1200. The molecule has 3 aromatic rings. The number of carbonyl (C=O) groups is 1. The van der Waals surface area contributed by atoms with Gasteiger partial charge in [-0.05, 0) is 48.2 Å². The summed E-state index contributed by atoms with van der Waals surface area (Å²) in [6.07, 6.45) is 2.88. The van der Waals surface area contributed by atoms with Gasteiger partial charge < -0.3 is 0 Å². The van der Waals surface area contributed by atoms with Crippen LogP contribution in [0.2, 0.25) is 5.02 Å². The molecule has 30 heavy (non-hydrogen) atoms. The van der Waals surface area contributed by atoms with Crippen molar-refractivity contribution in [3.63, 3.8) is 0 Å². The molecule has 2 aromatic heterocycles. The number of nitrogens with zero attached hydrogens (tertiary/aromatic N) is 2. The summed E-state index contributed by atoms with van der Waals surface area (Å²) in [5.74, 6) is -0.446. The van der Waals surface area contributed by atoms with Crippen molar-refractivity contribution in [3.8, 4) is 0 Å². The fourth-order valence-electron chi connectivity index (χ4n) is 2.89. The zero-order valence-electron chi connectivity index (χ0n) is 17.1. The second kappa shape index (κ2) is 8.16. The lowest BCUT2D eigenvalue weighted by molar-refractivity contribution is 0.103. The van der Waals surface area contributed by atoms with E-state index in [1.807, 2.05) is 20.8 Å². The first-order chi connectivity index (χ1) is 14.0. The van der Waals surface area contributed by atoms with Crippen LogP contribution >= 0.6 is 11.6 Å². The number of halogens is 1. The van der Waals surface area contributed by atoms with E-state index in [1.54, 1.807) is 37.4 Å². The molecular formula is C22H22ClN3O3S. The number of aryl methyl sites for hydroxylation is 1. The van der Waals surface area contributed by atoms with Gasteiger partial charge in [-0.25, -0.2) is 13.4 Å². The molecule has 0 amide bonds. The van der Waals surface area contributed by atoms with Crippen LogP contribution in [-0.4, -0.2) is 24.2 Å². The van der Waals surface area contributed by atoms with Gasteiger partial charge in [-0.3, -0.25) is 14.5 Å². The number of nitrogens with one attached hydrogen (secondary N) is 1. The van der Waals surface area contributed by atoms with Gasteiger partial charge in [0.05, 0.1) is 15.6 Å². The molecule has 0 aliphatic carbocycles. The Morgan fingerprint density at radius 2 is 1.73 bits per heavy atom. The summed E-state index contributed by atoms with van der Waals surface area (Å²) in [4.78, 5) is 21.3. The van der Waals surface area contributed by atoms with E-state index in [-0.39, 0.29) is 26.7 Å². The molecule has 0 bridgehead atoms. The highest BCUT2D eigenvalue weighted by Crippen LogP contribution is 2.27. The van der Waals surface area contributed by atoms with Crippen molar-refractivity contribution in [2.45, 2.75) is 38.0 Å². The summed E-state index contributed by atoms with van der Waals surface area (Å²) < 4.78 is 28.3. The number of ketones is 1. The molecule has 2 heterocycles. The number of carbonyl (C=O) groups excluding carboxylic acids is 1. The Kier molecular flexibility index (Phi) is 5.97. The first-order valence-corrected chi connectivity index (χ1v) is 11.1. The Morgan fingerprint density at radius 1 is 1.07 bits per heavy atom. The number of pyridine rings is 2. The van der Waals surface area contributed by atoms with Crippen molar-refractivity contribution in [2.24, 2.45) is 0 Å². The van der Waals surface area contributed by atoms with Crippen LogP contribution in [0, 0.1) is 6.92 Å². The predicted octanol–water partition coefficient (Wildman–Crippen LogP) is 4.77. The molecule has 8 heteroatoms. The van der Waals surface area contributed by atoms with E-state index in [1.165, 1.54) is 24.4 Å². The van der Waals surface area contributed by atoms with Crippen molar-refractivity contribution in [3.05, 3.63) is 82.4 Å². The van der Waals surface area contributed by atoms with E-state index >= 15 is 0 Å². The average molecular weight is 444 g/mol. The lowest BCUT2D eigenvalue weighted by Gasteiger charge is -2.19. The third kappa shape index (κ3) is 4.68. The Hall–Kier alpha value is -2.77. The minimum atomic E-state index is -3.96. The fraction of sp³-hybridized carbons (Fsp3) is 0.227. The van der Waals surface area contributed by atoms with Crippen LogP contribution in [-0.2, 0) is 15.4 Å². The van der Waals surface area contributed by atoms with Crippen molar-refractivity contribution < 1.29 is 13.2 Å². The molecule has 0 saturated carbocycles. The van der Waals surface area contributed by atoms with E-state index in [0.29, 0.717) is 11.3 Å². The molecule has 0 unspecified atom stereocenters. The van der Waals surface area contributed by atoms with Crippen LogP contribution in [0.5, 0.6) is 0 Å². The van der Waals surface area contributed by atoms with Crippen LogP contribution in [0.1, 0.15) is 48.1 Å². The molecule has 156 valence electrons. The monoisotopic (exact) mass is 443 g/mol. The second-order valence-electron chi connectivity index (χ2n) is 7.90. The average Bonchev–Trinajstić information content (AvgIpc) is 2.67. The largest absolute Gasteiger partial charge is 0.287 e. The molecule has 1 aromatic carbocycles. The standard InChI is InChI=1S/C22H22ClN3O3S/c1-14-18(6-5-11-24-14)21(27)20-19(12-16(23)13-25-20)26-30(28,29)17-9-7-15(8-10-17)22(2,3)4/h5-13,26H,1-4H3. The predicted molar refractivity (Wildman–Crippen MR) is 118 cm³/mol. The molecule has 0 radical (unpaired) electrons. The van der Waals surface area contributed by atoms with Gasteiger partial charge in [-0.15, -0.1) is 0 Å². The van der Waals surface area contributed by atoms with Gasteiger partial charge in [0, 0.05) is 23.7 Å². The highest BCUT2D eigenvalue weighted by molar-refractivity contribution is 7.92. The second-order valence-corrected chi connectivity index (χ2v) is 10.0. The molecule has 3 rings (SSSR count). The lowest BCUT2D eigenvalue weighted by atomic mass is 9.87. The maximum absolute atomic E-state index is 13.0. The molecule has 6 nitrogen and oxygen atoms in total. The number of anilines is 1. The quantitative estimate of drug-likeness (QED) is 0.574. The summed E-state index contributed by atoms with van der Waals surface area (Å²) in [6.45, 7) is 7.84. The van der Waals surface area contributed by atoms with E-state index in [2.05, 4.69) is 14.7 Å².